The zero-order chi connectivity index (χ0) is 21.8. The molecular weight excluding hydrogens is 397 g/mol. The van der Waals surface area contributed by atoms with Gasteiger partial charge in [0, 0.05) is 24.3 Å². The highest BCUT2D eigenvalue weighted by molar-refractivity contribution is 5.96. The van der Waals surface area contributed by atoms with E-state index in [1.54, 1.807) is 7.11 Å². The third-order valence-corrected chi connectivity index (χ3v) is 9.57. The van der Waals surface area contributed by atoms with Crippen LogP contribution in [0.4, 0.5) is 4.39 Å². The van der Waals surface area contributed by atoms with Crippen LogP contribution in [0.2, 0.25) is 0 Å². The molecule has 5 fully saturated rings. The Bertz CT molecular complexity index is 795. The summed E-state index contributed by atoms with van der Waals surface area (Å²) in [4.78, 5) is 23.8. The van der Waals surface area contributed by atoms with Gasteiger partial charge in [-0.25, -0.2) is 4.39 Å². The van der Waals surface area contributed by atoms with E-state index in [1.807, 2.05) is 6.92 Å². The highest BCUT2D eigenvalue weighted by Crippen LogP contribution is 2.65. The van der Waals surface area contributed by atoms with E-state index in [9.17, 15) is 9.18 Å². The fourth-order valence-corrected chi connectivity index (χ4v) is 7.79. The molecule has 0 amide bonds. The summed E-state index contributed by atoms with van der Waals surface area (Å²) >= 11 is 0. The molecule has 0 aromatic rings. The molecule has 4 saturated carbocycles. The van der Waals surface area contributed by atoms with E-state index in [4.69, 9.17) is 9.68 Å². The Labute approximate surface area is 184 Å². The Morgan fingerprint density at radius 2 is 1.97 bits per heavy atom. The maximum Gasteiger partial charge on any atom is 0.173 e. The molecule has 0 radical (unpaired) electrons. The largest absolute Gasteiger partial charge is 0.399 e. The lowest BCUT2D eigenvalue weighted by atomic mass is 9.45. The second kappa shape index (κ2) is 7.82. The minimum absolute atomic E-state index is 0.0764. The molecule has 172 valence electrons. The van der Waals surface area contributed by atoms with Crippen LogP contribution < -0.4 is 5.32 Å². The zero-order valence-corrected chi connectivity index (χ0v) is 19.0. The lowest BCUT2D eigenvalue weighted by molar-refractivity contribution is -0.135. The molecule has 1 N–H and O–H groups in total. The predicted molar refractivity (Wildman–Crippen MR) is 117 cm³/mol. The molecule has 5 aliphatic rings. The first kappa shape index (κ1) is 21.4. The van der Waals surface area contributed by atoms with E-state index in [2.05, 4.69) is 22.6 Å². The number of Topliss-reactive ketones (excluding diaryl/α,β-unsaturated/α-hetero) is 1. The van der Waals surface area contributed by atoms with Gasteiger partial charge < -0.3 is 15.0 Å². The molecular formula is C24H36FN3O3. The van der Waals surface area contributed by atoms with Gasteiger partial charge in [-0.1, -0.05) is 24.2 Å². The third kappa shape index (κ3) is 3.33. The van der Waals surface area contributed by atoms with E-state index in [0.717, 1.165) is 69.5 Å². The maximum atomic E-state index is 14.5. The minimum atomic E-state index is -1.30. The smallest absolute Gasteiger partial charge is 0.173 e. The molecule has 0 aromatic heterocycles. The number of rotatable bonds is 3. The standard InChI is InChI=1S/C24H36FN3O3/c1-23-7-4-14(27-31-15-6-9-26-13-15)10-19(23)21(28-30-3)11-16-17(23)5-8-24(2)18(16)12-20(25)22(24)29/h15-20,26H,4-13H2,1-3H3. The van der Waals surface area contributed by atoms with Gasteiger partial charge in [-0.05, 0) is 74.7 Å². The van der Waals surface area contributed by atoms with Gasteiger partial charge in [0.05, 0.1) is 11.4 Å². The fraction of sp³-hybridized carbons (Fsp3) is 0.875. The van der Waals surface area contributed by atoms with Gasteiger partial charge in [-0.15, -0.1) is 0 Å². The molecule has 0 bridgehead atoms. The summed E-state index contributed by atoms with van der Waals surface area (Å²) in [7, 11) is 1.60. The number of alkyl halides is 1. The number of carbonyl (C=O) groups is 1. The van der Waals surface area contributed by atoms with E-state index < -0.39 is 11.6 Å². The van der Waals surface area contributed by atoms with Crippen molar-refractivity contribution in [1.82, 2.24) is 5.32 Å². The molecule has 4 aliphatic carbocycles. The second-order valence-corrected chi connectivity index (χ2v) is 11.0. The van der Waals surface area contributed by atoms with Crippen LogP contribution in [0, 0.1) is 34.5 Å². The molecule has 1 aliphatic heterocycles. The molecule has 8 unspecified atom stereocenters. The summed E-state index contributed by atoms with van der Waals surface area (Å²) in [5.74, 6) is 1.02. The van der Waals surface area contributed by atoms with E-state index in [1.165, 1.54) is 0 Å². The Morgan fingerprint density at radius 1 is 1.13 bits per heavy atom. The minimum Gasteiger partial charge on any atom is -0.399 e. The lowest BCUT2D eigenvalue weighted by Crippen LogP contribution is -2.56. The SMILES string of the molecule is CON=C1CC2C3CC(F)C(=O)C3(C)CCC2C2(C)CCC(=NOC3CCNC3)CC12. The first-order valence-corrected chi connectivity index (χ1v) is 12.1. The molecule has 1 saturated heterocycles. The molecule has 8 atom stereocenters. The molecule has 6 nitrogen and oxygen atoms in total. The van der Waals surface area contributed by atoms with Crippen molar-refractivity contribution < 1.29 is 18.9 Å². The Morgan fingerprint density at radius 3 is 2.71 bits per heavy atom. The number of nitrogens with zero attached hydrogens (tertiary/aromatic N) is 2. The second-order valence-electron chi connectivity index (χ2n) is 11.0. The number of oxime groups is 2. The van der Waals surface area contributed by atoms with E-state index in [0.29, 0.717) is 18.3 Å². The highest BCUT2D eigenvalue weighted by atomic mass is 19.1. The van der Waals surface area contributed by atoms with Crippen LogP contribution >= 0.6 is 0 Å². The summed E-state index contributed by atoms with van der Waals surface area (Å²) in [6.07, 6.45) is 5.71. The van der Waals surface area contributed by atoms with Crippen LogP contribution in [-0.4, -0.2) is 49.7 Å². The van der Waals surface area contributed by atoms with Crippen molar-refractivity contribution in [2.75, 3.05) is 20.2 Å². The Hall–Kier alpha value is -1.50. The third-order valence-electron chi connectivity index (χ3n) is 9.57. The molecule has 0 spiro atoms. The van der Waals surface area contributed by atoms with Crippen molar-refractivity contribution in [3.8, 4) is 0 Å². The quantitative estimate of drug-likeness (QED) is 0.686. The van der Waals surface area contributed by atoms with Crippen molar-refractivity contribution in [2.24, 2.45) is 44.8 Å². The van der Waals surface area contributed by atoms with Gasteiger partial charge in [-0.2, -0.15) is 0 Å². The van der Waals surface area contributed by atoms with Gasteiger partial charge in [0.1, 0.15) is 13.2 Å². The van der Waals surface area contributed by atoms with E-state index in [-0.39, 0.29) is 29.1 Å². The maximum absolute atomic E-state index is 14.5. The fourth-order valence-electron chi connectivity index (χ4n) is 7.79. The number of hydrogen-bond acceptors (Lipinski definition) is 6. The van der Waals surface area contributed by atoms with Gasteiger partial charge in [0.25, 0.3) is 0 Å². The number of hydrogen-bond donors (Lipinski definition) is 1. The molecule has 5 rings (SSSR count). The lowest BCUT2D eigenvalue weighted by Gasteiger charge is -2.59. The molecule has 7 heteroatoms. The van der Waals surface area contributed by atoms with E-state index >= 15 is 0 Å². The van der Waals surface area contributed by atoms with Gasteiger partial charge in [0.15, 0.2) is 12.0 Å². The van der Waals surface area contributed by atoms with Crippen LogP contribution in [-0.2, 0) is 14.5 Å². The zero-order valence-electron chi connectivity index (χ0n) is 19.0. The van der Waals surface area contributed by atoms with Crippen LogP contribution in [0.5, 0.6) is 0 Å². The van der Waals surface area contributed by atoms with Crippen LogP contribution in [0.1, 0.15) is 65.2 Å². The Kier molecular flexibility index (Phi) is 5.39. The van der Waals surface area contributed by atoms with Gasteiger partial charge in [-0.3, -0.25) is 4.79 Å². The summed E-state index contributed by atoms with van der Waals surface area (Å²) in [5.41, 5.74) is 1.76. The van der Waals surface area contributed by atoms with Gasteiger partial charge in [0.2, 0.25) is 0 Å². The van der Waals surface area contributed by atoms with Crippen LogP contribution in [0.25, 0.3) is 0 Å². The summed E-state index contributed by atoms with van der Waals surface area (Å²) < 4.78 is 14.5. The first-order chi connectivity index (χ1) is 14.9. The monoisotopic (exact) mass is 433 g/mol. The summed E-state index contributed by atoms with van der Waals surface area (Å²) in [6, 6.07) is 0. The number of fused-ring (bicyclic) bond motifs is 5. The summed E-state index contributed by atoms with van der Waals surface area (Å²) in [6.45, 7) is 6.27. The number of carbonyl (C=O) groups excluding carboxylic acids is 1. The van der Waals surface area contributed by atoms with Gasteiger partial charge >= 0.3 is 0 Å². The van der Waals surface area contributed by atoms with Crippen molar-refractivity contribution in [1.29, 1.82) is 0 Å². The number of nitrogens with one attached hydrogen (secondary N) is 1. The van der Waals surface area contributed by atoms with Crippen molar-refractivity contribution in [3.05, 3.63) is 0 Å². The van der Waals surface area contributed by atoms with Crippen molar-refractivity contribution >= 4 is 17.2 Å². The summed E-state index contributed by atoms with van der Waals surface area (Å²) in [5, 5.41) is 12.4. The molecule has 0 aromatic carbocycles. The Balaban J connectivity index is 1.41. The average molecular weight is 434 g/mol. The number of ketones is 1. The number of halogens is 1. The van der Waals surface area contributed by atoms with Crippen LogP contribution in [0.15, 0.2) is 10.3 Å². The topological polar surface area (TPSA) is 72.3 Å². The van der Waals surface area contributed by atoms with Crippen molar-refractivity contribution in [2.45, 2.75) is 77.5 Å². The molecule has 1 heterocycles. The highest BCUT2D eigenvalue weighted by Gasteiger charge is 2.63. The predicted octanol–water partition coefficient (Wildman–Crippen LogP) is 3.89. The molecule has 31 heavy (non-hydrogen) atoms. The average Bonchev–Trinajstić information content (AvgIpc) is 3.35. The van der Waals surface area contributed by atoms with Crippen molar-refractivity contribution in [3.63, 3.8) is 0 Å². The van der Waals surface area contributed by atoms with Crippen LogP contribution in [0.3, 0.4) is 0 Å². The normalized spacial score (nSPS) is 49.6. The first-order valence-electron chi connectivity index (χ1n) is 12.1.